The third-order valence-electron chi connectivity index (χ3n) is 2.95. The monoisotopic (exact) mass is 353 g/mol. The van der Waals surface area contributed by atoms with Crippen LogP contribution < -0.4 is 10.5 Å². The minimum atomic E-state index is -1.11. The number of methoxy groups -OCH3 is 1. The molecule has 136 valence electrons. The molecule has 2 aromatic rings. The van der Waals surface area contributed by atoms with Crippen LogP contribution in [0.4, 0.5) is 5.95 Å². The van der Waals surface area contributed by atoms with Crippen molar-refractivity contribution in [1.82, 2.24) is 19.5 Å². The summed E-state index contributed by atoms with van der Waals surface area (Å²) < 4.78 is 22.0. The molecule has 0 radical (unpaired) electrons. The molecule has 0 saturated carbocycles. The number of nitrogens with two attached hydrogens (primary N) is 1. The van der Waals surface area contributed by atoms with E-state index in [-0.39, 0.29) is 36.7 Å². The zero-order valence-electron chi connectivity index (χ0n) is 14.1. The molecule has 0 aromatic carbocycles. The number of hydrogen-bond donors (Lipinski definition) is 1. The summed E-state index contributed by atoms with van der Waals surface area (Å²) in [4.78, 5) is 34.3. The van der Waals surface area contributed by atoms with E-state index in [2.05, 4.69) is 15.0 Å². The molecule has 25 heavy (non-hydrogen) atoms. The quantitative estimate of drug-likeness (QED) is 0.403. The number of ether oxygens (including phenoxy) is 4. The van der Waals surface area contributed by atoms with Crippen molar-refractivity contribution in [3.63, 3.8) is 0 Å². The molecule has 0 aliphatic carbocycles. The van der Waals surface area contributed by atoms with E-state index in [9.17, 15) is 9.59 Å². The number of esters is 2. The Morgan fingerprint density at radius 2 is 2.00 bits per heavy atom. The maximum Gasteiger partial charge on any atom is 0.306 e. The van der Waals surface area contributed by atoms with Crippen molar-refractivity contribution in [3.8, 4) is 5.88 Å². The Bertz CT molecular complexity index is 761. The van der Waals surface area contributed by atoms with E-state index in [0.29, 0.717) is 11.9 Å². The van der Waals surface area contributed by atoms with Crippen LogP contribution in [0.15, 0.2) is 6.33 Å². The second-order valence-corrected chi connectivity index (χ2v) is 4.90. The number of nitrogen functional groups attached to an aromatic ring is 1. The van der Waals surface area contributed by atoms with E-state index in [1.165, 1.54) is 31.9 Å². The van der Waals surface area contributed by atoms with Crippen LogP contribution in [0.5, 0.6) is 5.88 Å². The number of hydrogen-bond acceptors (Lipinski definition) is 10. The average Bonchev–Trinajstić information content (AvgIpc) is 2.95. The van der Waals surface area contributed by atoms with Crippen LogP contribution in [-0.4, -0.2) is 51.8 Å². The summed E-state index contributed by atoms with van der Waals surface area (Å²) in [7, 11) is 1.43. The molecule has 11 heteroatoms. The molecule has 2 heterocycles. The lowest BCUT2D eigenvalue weighted by Gasteiger charge is -2.19. The van der Waals surface area contributed by atoms with Crippen molar-refractivity contribution in [2.75, 3.05) is 26.1 Å². The van der Waals surface area contributed by atoms with E-state index in [1.807, 2.05) is 0 Å². The standard InChI is InChI=1S/C14H19N5O6/c1-8(20)23-5-4-6-24-14(25-9(2)21)19-7-16-10-11(19)17-13(15)18-12(10)22-3/h7,14H,4-6H2,1-3H3,(H2,15,17,18). The molecule has 0 bridgehead atoms. The van der Waals surface area contributed by atoms with Crippen LogP contribution in [-0.2, 0) is 23.8 Å². The van der Waals surface area contributed by atoms with Gasteiger partial charge in [0.2, 0.25) is 11.8 Å². The lowest BCUT2D eigenvalue weighted by atomic mass is 10.5. The fraction of sp³-hybridized carbons (Fsp3) is 0.500. The number of imidazole rings is 1. The molecule has 1 atom stereocenters. The molecule has 2 N–H and O–H groups in total. The predicted octanol–water partition coefficient (Wildman–Crippen LogP) is 0.406. The van der Waals surface area contributed by atoms with Crippen LogP contribution in [0.2, 0.25) is 0 Å². The molecular weight excluding hydrogens is 334 g/mol. The Kier molecular flexibility index (Phi) is 6.06. The molecule has 2 aromatic heterocycles. The molecule has 11 nitrogen and oxygen atoms in total. The molecule has 0 aliphatic heterocycles. The Morgan fingerprint density at radius 1 is 1.24 bits per heavy atom. The van der Waals surface area contributed by atoms with Crippen molar-refractivity contribution in [3.05, 3.63) is 6.33 Å². The maximum atomic E-state index is 11.4. The van der Waals surface area contributed by atoms with Gasteiger partial charge in [0.1, 0.15) is 6.33 Å². The molecule has 0 spiro atoms. The molecule has 0 fully saturated rings. The van der Waals surface area contributed by atoms with Crippen LogP contribution in [0, 0.1) is 0 Å². The largest absolute Gasteiger partial charge is 0.479 e. The van der Waals surface area contributed by atoms with Gasteiger partial charge in [-0.2, -0.15) is 9.97 Å². The SMILES string of the molecule is COc1nc(N)nc2c1ncn2C(OCCCOC(C)=O)OC(C)=O. The van der Waals surface area contributed by atoms with Gasteiger partial charge in [-0.1, -0.05) is 0 Å². The van der Waals surface area contributed by atoms with E-state index in [0.717, 1.165) is 0 Å². The van der Waals surface area contributed by atoms with Crippen LogP contribution in [0.25, 0.3) is 11.2 Å². The fourth-order valence-electron chi connectivity index (χ4n) is 1.98. The summed E-state index contributed by atoms with van der Waals surface area (Å²) in [6, 6.07) is 0. The lowest BCUT2D eigenvalue weighted by Crippen LogP contribution is -2.20. The first-order valence-electron chi connectivity index (χ1n) is 7.38. The topological polar surface area (TPSA) is 141 Å². The smallest absolute Gasteiger partial charge is 0.306 e. The van der Waals surface area contributed by atoms with E-state index >= 15 is 0 Å². The van der Waals surface area contributed by atoms with Gasteiger partial charge in [0.25, 0.3) is 6.41 Å². The first-order valence-corrected chi connectivity index (χ1v) is 7.38. The summed E-state index contributed by atoms with van der Waals surface area (Å²) in [6.45, 7) is 2.92. The van der Waals surface area contributed by atoms with Gasteiger partial charge in [-0.05, 0) is 0 Å². The van der Waals surface area contributed by atoms with Crippen LogP contribution >= 0.6 is 0 Å². The molecule has 0 aliphatic rings. The minimum absolute atomic E-state index is 0.0254. The maximum absolute atomic E-state index is 11.4. The van der Waals surface area contributed by atoms with Crippen molar-refractivity contribution >= 4 is 29.1 Å². The van der Waals surface area contributed by atoms with E-state index in [1.54, 1.807) is 0 Å². The summed E-state index contributed by atoms with van der Waals surface area (Å²) in [5.41, 5.74) is 6.29. The Labute approximate surface area is 143 Å². The highest BCUT2D eigenvalue weighted by atomic mass is 16.7. The van der Waals surface area contributed by atoms with Gasteiger partial charge in [0.05, 0.1) is 20.3 Å². The summed E-state index contributed by atoms with van der Waals surface area (Å²) in [5.74, 6) is -0.766. The second-order valence-electron chi connectivity index (χ2n) is 4.90. The normalized spacial score (nSPS) is 12.0. The minimum Gasteiger partial charge on any atom is -0.479 e. The fourth-order valence-corrected chi connectivity index (χ4v) is 1.98. The Morgan fingerprint density at radius 3 is 2.64 bits per heavy atom. The van der Waals surface area contributed by atoms with Crippen molar-refractivity contribution in [1.29, 1.82) is 0 Å². The number of fused-ring (bicyclic) bond motifs is 1. The van der Waals surface area contributed by atoms with Gasteiger partial charge in [-0.3, -0.25) is 14.2 Å². The number of nitrogens with zero attached hydrogens (tertiary/aromatic N) is 4. The number of anilines is 1. The highest BCUT2D eigenvalue weighted by Crippen LogP contribution is 2.25. The molecule has 0 amide bonds. The van der Waals surface area contributed by atoms with Crippen molar-refractivity contribution in [2.24, 2.45) is 0 Å². The third kappa shape index (κ3) is 4.76. The number of rotatable bonds is 8. The summed E-state index contributed by atoms with van der Waals surface area (Å²) in [5, 5.41) is 0. The predicted molar refractivity (Wildman–Crippen MR) is 84.3 cm³/mol. The van der Waals surface area contributed by atoms with Gasteiger partial charge >= 0.3 is 11.9 Å². The number of aromatic nitrogens is 4. The van der Waals surface area contributed by atoms with Gasteiger partial charge in [-0.25, -0.2) is 4.98 Å². The lowest BCUT2D eigenvalue weighted by molar-refractivity contribution is -0.199. The average molecular weight is 353 g/mol. The van der Waals surface area contributed by atoms with Gasteiger partial charge in [0, 0.05) is 20.3 Å². The zero-order valence-corrected chi connectivity index (χ0v) is 14.1. The number of carbonyl (C=O) groups excluding carboxylic acids is 2. The first-order chi connectivity index (χ1) is 11.9. The summed E-state index contributed by atoms with van der Waals surface area (Å²) >= 11 is 0. The first kappa shape index (κ1) is 18.4. The molecule has 2 rings (SSSR count). The Balaban J connectivity index is 2.19. The van der Waals surface area contributed by atoms with E-state index in [4.69, 9.17) is 24.7 Å². The Hall–Kier alpha value is -2.95. The van der Waals surface area contributed by atoms with Crippen molar-refractivity contribution in [2.45, 2.75) is 26.7 Å². The molecule has 0 saturated heterocycles. The van der Waals surface area contributed by atoms with Crippen LogP contribution in [0.3, 0.4) is 0 Å². The zero-order chi connectivity index (χ0) is 18.4. The third-order valence-corrected chi connectivity index (χ3v) is 2.95. The molecular formula is C14H19N5O6. The highest BCUT2D eigenvalue weighted by molar-refractivity contribution is 5.77. The number of carbonyl (C=O) groups is 2. The highest BCUT2D eigenvalue weighted by Gasteiger charge is 2.21. The van der Waals surface area contributed by atoms with Gasteiger partial charge in [0.15, 0.2) is 11.2 Å². The summed E-state index contributed by atoms with van der Waals surface area (Å²) in [6.07, 6.45) is 0.685. The van der Waals surface area contributed by atoms with Crippen molar-refractivity contribution < 1.29 is 28.5 Å². The van der Waals surface area contributed by atoms with E-state index < -0.39 is 12.4 Å². The second kappa shape index (κ2) is 8.24. The van der Waals surface area contributed by atoms with Crippen LogP contribution in [0.1, 0.15) is 26.7 Å². The molecule has 1 unspecified atom stereocenters. The van der Waals surface area contributed by atoms with Gasteiger partial charge in [-0.15, -0.1) is 0 Å². The van der Waals surface area contributed by atoms with Gasteiger partial charge < -0.3 is 24.7 Å².